The number of anilines is 1. The van der Waals surface area contributed by atoms with E-state index in [1.165, 1.54) is 12.1 Å². The van der Waals surface area contributed by atoms with Crippen molar-refractivity contribution in [3.8, 4) is 0 Å². The summed E-state index contributed by atoms with van der Waals surface area (Å²) in [6, 6.07) is 8.23. The second kappa shape index (κ2) is 5.85. The first-order chi connectivity index (χ1) is 10.5. The molecule has 0 spiro atoms. The van der Waals surface area contributed by atoms with Crippen molar-refractivity contribution in [1.29, 1.82) is 0 Å². The maximum Gasteiger partial charge on any atom is 0.279 e. The highest BCUT2D eigenvalue weighted by atomic mass is 35.5. The number of nitrogens with zero attached hydrogens (tertiary/aromatic N) is 3. The lowest BCUT2D eigenvalue weighted by Crippen LogP contribution is -2.24. The molecular weight excluding hydrogens is 322 g/mol. The quantitative estimate of drug-likeness (QED) is 0.802. The molecule has 1 aliphatic rings. The third-order valence-corrected chi connectivity index (χ3v) is 6.23. The van der Waals surface area contributed by atoms with Gasteiger partial charge < -0.3 is 0 Å². The van der Waals surface area contributed by atoms with Gasteiger partial charge in [-0.2, -0.15) is 12.2 Å². The van der Waals surface area contributed by atoms with Gasteiger partial charge in [0, 0.05) is 30.0 Å². The van der Waals surface area contributed by atoms with Crippen LogP contribution in [-0.2, 0) is 10.0 Å². The van der Waals surface area contributed by atoms with Crippen LogP contribution in [0.5, 0.6) is 0 Å². The van der Waals surface area contributed by atoms with Gasteiger partial charge in [0.15, 0.2) is 5.82 Å². The lowest BCUT2D eigenvalue weighted by atomic mass is 9.85. The van der Waals surface area contributed by atoms with Gasteiger partial charge in [0.25, 0.3) is 10.0 Å². The Morgan fingerprint density at radius 2 is 1.95 bits per heavy atom. The van der Waals surface area contributed by atoms with Crippen molar-refractivity contribution in [3.63, 3.8) is 0 Å². The fourth-order valence-corrected chi connectivity index (χ4v) is 3.94. The molecule has 0 bridgehead atoms. The summed E-state index contributed by atoms with van der Waals surface area (Å²) >= 11 is 6.10. The molecule has 22 heavy (non-hydrogen) atoms. The molecule has 116 valence electrons. The smallest absolute Gasteiger partial charge is 0.241 e. The molecule has 0 amide bonds. The zero-order chi connectivity index (χ0) is 15.7. The average molecular weight is 338 g/mol. The van der Waals surface area contributed by atoms with Crippen molar-refractivity contribution < 1.29 is 8.42 Å². The zero-order valence-electron chi connectivity index (χ0n) is 12.1. The first kappa shape index (κ1) is 15.2. The summed E-state index contributed by atoms with van der Waals surface area (Å²) in [7, 11) is -3.85. The fraction of sp³-hybridized carbons (Fsp3) is 0.333. The fourth-order valence-electron chi connectivity index (χ4n) is 2.38. The SMILES string of the molecule is Cc1ccccc1S(=O)(=O)N(Cl)c1ccnc(C2CCC2)n1. The summed E-state index contributed by atoms with van der Waals surface area (Å²) in [5.41, 5.74) is 0.640. The lowest BCUT2D eigenvalue weighted by molar-refractivity contribution is 0.401. The summed E-state index contributed by atoms with van der Waals surface area (Å²) in [5, 5.41) is 0. The maximum absolute atomic E-state index is 12.7. The van der Waals surface area contributed by atoms with E-state index in [0.717, 1.165) is 19.3 Å². The van der Waals surface area contributed by atoms with Crippen molar-refractivity contribution in [2.24, 2.45) is 0 Å². The summed E-state index contributed by atoms with van der Waals surface area (Å²) in [6.07, 6.45) is 4.79. The Balaban J connectivity index is 1.96. The molecule has 0 saturated heterocycles. The highest BCUT2D eigenvalue weighted by molar-refractivity contribution is 7.94. The normalized spacial score (nSPS) is 15.4. The second-order valence-electron chi connectivity index (χ2n) is 5.39. The largest absolute Gasteiger partial charge is 0.279 e. The molecule has 7 heteroatoms. The first-order valence-electron chi connectivity index (χ1n) is 7.10. The van der Waals surface area contributed by atoms with Crippen LogP contribution in [-0.4, -0.2) is 18.4 Å². The Labute approximate surface area is 135 Å². The monoisotopic (exact) mass is 337 g/mol. The molecular formula is C15H16ClN3O2S. The van der Waals surface area contributed by atoms with Gasteiger partial charge in [-0.25, -0.2) is 9.97 Å². The van der Waals surface area contributed by atoms with Crippen molar-refractivity contribution in [1.82, 2.24) is 9.97 Å². The van der Waals surface area contributed by atoms with E-state index in [-0.39, 0.29) is 10.7 Å². The number of rotatable bonds is 4. The number of aryl methyl sites for hydroxylation is 1. The minimum atomic E-state index is -3.85. The van der Waals surface area contributed by atoms with Gasteiger partial charge in [-0.3, -0.25) is 0 Å². The van der Waals surface area contributed by atoms with Gasteiger partial charge in [0.1, 0.15) is 5.82 Å². The molecule has 0 atom stereocenters. The number of hydrogen-bond donors (Lipinski definition) is 0. The van der Waals surface area contributed by atoms with E-state index in [1.54, 1.807) is 31.3 Å². The Hall–Kier alpha value is -1.66. The van der Waals surface area contributed by atoms with E-state index >= 15 is 0 Å². The average Bonchev–Trinajstić information content (AvgIpc) is 2.45. The lowest BCUT2D eigenvalue weighted by Gasteiger charge is -2.24. The van der Waals surface area contributed by atoms with Crippen molar-refractivity contribution >= 4 is 27.6 Å². The van der Waals surface area contributed by atoms with Gasteiger partial charge in [0.05, 0.1) is 4.90 Å². The summed E-state index contributed by atoms with van der Waals surface area (Å²) in [5.74, 6) is 1.15. The number of hydrogen-bond acceptors (Lipinski definition) is 4. The summed E-state index contributed by atoms with van der Waals surface area (Å²) in [6.45, 7) is 1.73. The predicted molar refractivity (Wildman–Crippen MR) is 85.3 cm³/mol. The summed E-state index contributed by atoms with van der Waals surface area (Å²) in [4.78, 5) is 8.72. The molecule has 1 aromatic carbocycles. The van der Waals surface area contributed by atoms with E-state index in [9.17, 15) is 8.42 Å². The Kier molecular flexibility index (Phi) is 4.06. The highest BCUT2D eigenvalue weighted by Crippen LogP contribution is 2.35. The molecule has 1 fully saturated rings. The van der Waals surface area contributed by atoms with Crippen LogP contribution in [0.25, 0.3) is 0 Å². The maximum atomic E-state index is 12.7. The van der Waals surface area contributed by atoms with Crippen LogP contribution in [0.4, 0.5) is 5.82 Å². The van der Waals surface area contributed by atoms with Crippen LogP contribution in [0.15, 0.2) is 41.4 Å². The molecule has 1 aromatic heterocycles. The molecule has 1 aliphatic carbocycles. The molecule has 5 nitrogen and oxygen atoms in total. The third kappa shape index (κ3) is 2.68. The van der Waals surface area contributed by atoms with Crippen molar-refractivity contribution in [2.45, 2.75) is 37.0 Å². The number of benzene rings is 1. The summed E-state index contributed by atoms with van der Waals surface area (Å²) < 4.78 is 26.0. The third-order valence-electron chi connectivity index (χ3n) is 3.89. The minimum absolute atomic E-state index is 0.175. The minimum Gasteiger partial charge on any atom is -0.241 e. The zero-order valence-corrected chi connectivity index (χ0v) is 13.7. The molecule has 2 aromatic rings. The standard InChI is InChI=1S/C15H16ClN3O2S/c1-11-5-2-3-8-13(11)22(20,21)19(16)14-9-10-17-15(18-14)12-6-4-7-12/h2-3,5,8-10,12H,4,6-7H2,1H3. The van der Waals surface area contributed by atoms with Crippen molar-refractivity contribution in [3.05, 3.63) is 47.9 Å². The van der Waals surface area contributed by atoms with E-state index < -0.39 is 10.0 Å². The van der Waals surface area contributed by atoms with Gasteiger partial charge in [-0.15, -0.1) is 0 Å². The molecule has 0 radical (unpaired) electrons. The van der Waals surface area contributed by atoms with Gasteiger partial charge in [-0.05, 0) is 31.4 Å². The predicted octanol–water partition coefficient (Wildman–Crippen LogP) is 3.40. The molecule has 0 aliphatic heterocycles. The molecule has 1 heterocycles. The van der Waals surface area contributed by atoms with Gasteiger partial charge in [-0.1, -0.05) is 24.6 Å². The Morgan fingerprint density at radius 1 is 1.23 bits per heavy atom. The van der Waals surface area contributed by atoms with E-state index in [0.29, 0.717) is 21.1 Å². The molecule has 1 saturated carbocycles. The topological polar surface area (TPSA) is 63.2 Å². The highest BCUT2D eigenvalue weighted by Gasteiger charge is 2.28. The van der Waals surface area contributed by atoms with E-state index in [1.807, 2.05) is 0 Å². The van der Waals surface area contributed by atoms with Crippen LogP contribution >= 0.6 is 11.8 Å². The van der Waals surface area contributed by atoms with Crippen LogP contribution in [0, 0.1) is 6.92 Å². The van der Waals surface area contributed by atoms with Crippen LogP contribution < -0.4 is 3.82 Å². The number of halogens is 1. The van der Waals surface area contributed by atoms with Gasteiger partial charge in [0.2, 0.25) is 0 Å². The number of sulfonamides is 1. The van der Waals surface area contributed by atoms with E-state index in [2.05, 4.69) is 9.97 Å². The molecule has 0 unspecified atom stereocenters. The van der Waals surface area contributed by atoms with Crippen LogP contribution in [0.3, 0.4) is 0 Å². The van der Waals surface area contributed by atoms with Crippen LogP contribution in [0.1, 0.15) is 36.6 Å². The molecule has 0 N–H and O–H groups in total. The van der Waals surface area contributed by atoms with Gasteiger partial charge >= 0.3 is 0 Å². The molecule has 3 rings (SSSR count). The Morgan fingerprint density at radius 3 is 2.59 bits per heavy atom. The Bertz CT molecular complexity index is 791. The van der Waals surface area contributed by atoms with E-state index in [4.69, 9.17) is 11.8 Å². The van der Waals surface area contributed by atoms with Crippen LogP contribution in [0.2, 0.25) is 0 Å². The number of aromatic nitrogens is 2. The van der Waals surface area contributed by atoms with Crippen molar-refractivity contribution in [2.75, 3.05) is 3.82 Å². The second-order valence-corrected chi connectivity index (χ2v) is 7.68. The first-order valence-corrected chi connectivity index (χ1v) is 8.87.